The van der Waals surface area contributed by atoms with Crippen molar-refractivity contribution in [3.8, 4) is 0 Å². The van der Waals surface area contributed by atoms with Crippen LogP contribution in [0.25, 0.3) is 0 Å². The maximum atomic E-state index is 12.1. The van der Waals surface area contributed by atoms with Crippen LogP contribution < -0.4 is 0 Å². The molecule has 1 unspecified atom stereocenters. The summed E-state index contributed by atoms with van der Waals surface area (Å²) >= 11 is 0. The van der Waals surface area contributed by atoms with Crippen molar-refractivity contribution in [3.63, 3.8) is 0 Å². The summed E-state index contributed by atoms with van der Waals surface area (Å²) in [6.07, 6.45) is 20.2. The molecule has 1 N–H and O–H groups in total. The molecule has 0 saturated heterocycles. The second kappa shape index (κ2) is 19.0. The molecular formula is C24H45NO3. The highest BCUT2D eigenvalue weighted by Crippen LogP contribution is 2.15. The maximum Gasteiger partial charge on any atom is 0.307 e. The highest BCUT2D eigenvalue weighted by molar-refractivity contribution is 5.82. The normalized spacial score (nSPS) is 12.4. The number of rotatable bonds is 19. The lowest BCUT2D eigenvalue weighted by atomic mass is 9.98. The van der Waals surface area contributed by atoms with Crippen LogP contribution in [0.2, 0.25) is 0 Å². The summed E-state index contributed by atoms with van der Waals surface area (Å²) in [6, 6.07) is 0. The van der Waals surface area contributed by atoms with Crippen molar-refractivity contribution >= 4 is 11.9 Å². The topological polar surface area (TPSA) is 57.6 Å². The Morgan fingerprint density at radius 1 is 0.786 bits per heavy atom. The number of aliphatic carboxylic acids is 1. The van der Waals surface area contributed by atoms with Gasteiger partial charge in [-0.05, 0) is 39.5 Å². The molecule has 4 heteroatoms. The molecule has 0 radical (unpaired) electrons. The lowest BCUT2D eigenvalue weighted by Crippen LogP contribution is -2.33. The zero-order valence-electron chi connectivity index (χ0n) is 18.8. The second-order valence-electron chi connectivity index (χ2n) is 7.82. The SMILES string of the molecule is CCCCCCCCCCCC/C=C/CCC(CC(=O)N(CC)CC)C(=O)O. The van der Waals surface area contributed by atoms with Crippen molar-refractivity contribution in [1.82, 2.24) is 4.90 Å². The van der Waals surface area contributed by atoms with Crippen molar-refractivity contribution in [2.45, 2.75) is 111 Å². The predicted octanol–water partition coefficient (Wildman–Crippen LogP) is 6.59. The van der Waals surface area contributed by atoms with Crippen molar-refractivity contribution in [2.75, 3.05) is 13.1 Å². The van der Waals surface area contributed by atoms with Gasteiger partial charge in [0.1, 0.15) is 0 Å². The van der Waals surface area contributed by atoms with Gasteiger partial charge in [-0.3, -0.25) is 9.59 Å². The molecule has 0 aromatic heterocycles. The summed E-state index contributed by atoms with van der Waals surface area (Å²) in [4.78, 5) is 25.2. The Balaban J connectivity index is 3.74. The summed E-state index contributed by atoms with van der Waals surface area (Å²) in [5, 5.41) is 9.36. The van der Waals surface area contributed by atoms with E-state index < -0.39 is 11.9 Å². The number of carboxylic acids is 1. The number of hydrogen-bond donors (Lipinski definition) is 1. The van der Waals surface area contributed by atoms with E-state index in [1.807, 2.05) is 13.8 Å². The Morgan fingerprint density at radius 3 is 1.79 bits per heavy atom. The molecule has 0 rings (SSSR count). The van der Waals surface area contributed by atoms with Crippen LogP contribution in [-0.4, -0.2) is 35.0 Å². The minimum atomic E-state index is -0.858. The van der Waals surface area contributed by atoms with Gasteiger partial charge in [-0.25, -0.2) is 0 Å². The highest BCUT2D eigenvalue weighted by atomic mass is 16.4. The summed E-state index contributed by atoms with van der Waals surface area (Å²) < 4.78 is 0. The summed E-state index contributed by atoms with van der Waals surface area (Å²) in [5.74, 6) is -1.48. The molecule has 0 saturated carbocycles. The number of carboxylic acid groups (broad SMARTS) is 1. The van der Waals surface area contributed by atoms with Gasteiger partial charge in [-0.15, -0.1) is 0 Å². The van der Waals surface area contributed by atoms with Crippen LogP contribution in [0.15, 0.2) is 12.2 Å². The maximum absolute atomic E-state index is 12.1. The van der Waals surface area contributed by atoms with Gasteiger partial charge < -0.3 is 10.0 Å². The number of carbonyl (C=O) groups is 2. The van der Waals surface area contributed by atoms with Gasteiger partial charge >= 0.3 is 5.97 Å². The molecule has 0 aromatic rings. The van der Waals surface area contributed by atoms with Crippen molar-refractivity contribution < 1.29 is 14.7 Å². The fourth-order valence-electron chi connectivity index (χ4n) is 3.51. The molecule has 1 amide bonds. The predicted molar refractivity (Wildman–Crippen MR) is 119 cm³/mol. The van der Waals surface area contributed by atoms with Crippen LogP contribution >= 0.6 is 0 Å². The number of amides is 1. The van der Waals surface area contributed by atoms with Crippen LogP contribution in [-0.2, 0) is 9.59 Å². The molecular weight excluding hydrogens is 350 g/mol. The number of hydrogen-bond acceptors (Lipinski definition) is 2. The molecule has 28 heavy (non-hydrogen) atoms. The average Bonchev–Trinajstić information content (AvgIpc) is 2.68. The first-order valence-corrected chi connectivity index (χ1v) is 11.7. The standard InChI is InChI=1S/C24H45NO3/c1-4-7-8-9-10-11-12-13-14-15-16-17-18-19-20-22(24(27)28)21-23(26)25(5-2)6-3/h17-18,22H,4-16,19-21H2,1-3H3,(H,27,28)/b18-17+. The van der Waals surface area contributed by atoms with Gasteiger partial charge in [-0.2, -0.15) is 0 Å². The fraction of sp³-hybridized carbons (Fsp3) is 0.833. The van der Waals surface area contributed by atoms with Crippen LogP contribution in [0.5, 0.6) is 0 Å². The molecule has 0 aromatic carbocycles. The number of carbonyl (C=O) groups excluding carboxylic acids is 1. The molecule has 0 aliphatic carbocycles. The average molecular weight is 396 g/mol. The Bertz CT molecular complexity index is 416. The minimum Gasteiger partial charge on any atom is -0.481 e. The lowest BCUT2D eigenvalue weighted by Gasteiger charge is -2.20. The zero-order valence-corrected chi connectivity index (χ0v) is 18.8. The van der Waals surface area contributed by atoms with Gasteiger partial charge in [0.05, 0.1) is 5.92 Å². The molecule has 164 valence electrons. The Morgan fingerprint density at radius 2 is 1.29 bits per heavy atom. The molecule has 0 spiro atoms. The van der Waals surface area contributed by atoms with Gasteiger partial charge in [-0.1, -0.05) is 76.9 Å². The lowest BCUT2D eigenvalue weighted by molar-refractivity contribution is -0.146. The van der Waals surface area contributed by atoms with E-state index in [-0.39, 0.29) is 12.3 Å². The summed E-state index contributed by atoms with van der Waals surface area (Å²) in [6.45, 7) is 7.38. The van der Waals surface area contributed by atoms with E-state index >= 15 is 0 Å². The molecule has 1 atom stereocenters. The van der Waals surface area contributed by atoms with Crippen LogP contribution in [0.4, 0.5) is 0 Å². The first kappa shape index (κ1) is 26.7. The van der Waals surface area contributed by atoms with E-state index in [0.29, 0.717) is 19.5 Å². The number of unbranched alkanes of at least 4 members (excludes halogenated alkanes) is 10. The Hall–Kier alpha value is -1.32. The first-order chi connectivity index (χ1) is 13.6. The van der Waals surface area contributed by atoms with E-state index in [9.17, 15) is 14.7 Å². The second-order valence-corrected chi connectivity index (χ2v) is 7.82. The summed E-state index contributed by atoms with van der Waals surface area (Å²) in [5.41, 5.74) is 0. The van der Waals surface area contributed by atoms with Crippen molar-refractivity contribution in [2.24, 2.45) is 5.92 Å². The largest absolute Gasteiger partial charge is 0.481 e. The molecule has 0 heterocycles. The van der Waals surface area contributed by atoms with E-state index in [0.717, 1.165) is 12.8 Å². The number of allylic oxidation sites excluding steroid dienone is 2. The Kier molecular flexibility index (Phi) is 18.1. The van der Waals surface area contributed by atoms with Gasteiger partial charge in [0, 0.05) is 19.5 Å². The smallest absolute Gasteiger partial charge is 0.307 e. The first-order valence-electron chi connectivity index (χ1n) is 11.7. The monoisotopic (exact) mass is 395 g/mol. The molecule has 0 bridgehead atoms. The van der Waals surface area contributed by atoms with Crippen molar-refractivity contribution in [3.05, 3.63) is 12.2 Å². The third-order valence-corrected chi connectivity index (χ3v) is 5.46. The molecule has 0 fully saturated rings. The zero-order chi connectivity index (χ0) is 21.0. The molecule has 0 aliphatic rings. The van der Waals surface area contributed by atoms with Crippen molar-refractivity contribution in [1.29, 1.82) is 0 Å². The highest BCUT2D eigenvalue weighted by Gasteiger charge is 2.22. The third kappa shape index (κ3) is 14.7. The van der Waals surface area contributed by atoms with Gasteiger partial charge in [0.25, 0.3) is 0 Å². The minimum absolute atomic E-state index is 0.0493. The van der Waals surface area contributed by atoms with Crippen LogP contribution in [0.1, 0.15) is 111 Å². The van der Waals surface area contributed by atoms with E-state index in [1.165, 1.54) is 64.2 Å². The van der Waals surface area contributed by atoms with E-state index in [4.69, 9.17) is 0 Å². The van der Waals surface area contributed by atoms with E-state index in [1.54, 1.807) is 4.90 Å². The van der Waals surface area contributed by atoms with Crippen LogP contribution in [0, 0.1) is 5.92 Å². The molecule has 0 aliphatic heterocycles. The van der Waals surface area contributed by atoms with E-state index in [2.05, 4.69) is 19.1 Å². The summed E-state index contributed by atoms with van der Waals surface area (Å²) in [7, 11) is 0. The van der Waals surface area contributed by atoms with Crippen LogP contribution in [0.3, 0.4) is 0 Å². The third-order valence-electron chi connectivity index (χ3n) is 5.46. The quantitative estimate of drug-likeness (QED) is 0.198. The number of nitrogens with zero attached hydrogens (tertiary/aromatic N) is 1. The Labute approximate surface area is 173 Å². The molecule has 4 nitrogen and oxygen atoms in total. The fourth-order valence-corrected chi connectivity index (χ4v) is 3.51. The van der Waals surface area contributed by atoms with Gasteiger partial charge in [0.2, 0.25) is 5.91 Å². The van der Waals surface area contributed by atoms with Gasteiger partial charge in [0.15, 0.2) is 0 Å².